The number of hydrogen-bond donors (Lipinski definition) is 2. The summed E-state index contributed by atoms with van der Waals surface area (Å²) in [5, 5.41) is 10.8. The number of carbonyl (C=O) groups is 1. The average molecular weight is 409 g/mol. The van der Waals surface area contributed by atoms with E-state index < -0.39 is 6.61 Å². The first-order valence-electron chi connectivity index (χ1n) is 7.86. The molecule has 0 fully saturated rings. The fourth-order valence-corrected chi connectivity index (χ4v) is 2.87. The Morgan fingerprint density at radius 2 is 1.82 bits per heavy atom. The molecule has 0 saturated heterocycles. The lowest BCUT2D eigenvalue weighted by Crippen LogP contribution is -2.16. The van der Waals surface area contributed by atoms with Crippen LogP contribution in [0.4, 0.5) is 18.9 Å². The molecule has 0 spiro atoms. The molecule has 0 bridgehead atoms. The van der Waals surface area contributed by atoms with Crippen LogP contribution in [0.2, 0.25) is 0 Å². The Bertz CT molecular complexity index is 948. The third kappa shape index (κ3) is 4.94. The molecule has 7 nitrogen and oxygen atoms in total. The van der Waals surface area contributed by atoms with Gasteiger partial charge < -0.3 is 15.9 Å². The van der Waals surface area contributed by atoms with Crippen LogP contribution in [0.1, 0.15) is 0 Å². The van der Waals surface area contributed by atoms with Crippen molar-refractivity contribution in [2.45, 2.75) is 11.8 Å². The lowest BCUT2D eigenvalue weighted by molar-refractivity contribution is -0.113. The number of amides is 1. The number of benzene rings is 2. The Hall–Kier alpha value is -3.21. The predicted molar refractivity (Wildman–Crippen MR) is 98.0 cm³/mol. The summed E-state index contributed by atoms with van der Waals surface area (Å²) >= 11 is 1.06. The standard InChI is InChI=1S/C17H14F3N5O2S/c18-11-3-1-10(2-4-11)15-23-24-17(25(15)21)28-9-14(26)22-12-5-7-13(8-6-12)27-16(19)20/h1-8,16H,9,21H2,(H,22,26). The predicted octanol–water partition coefficient (Wildman–Crippen LogP) is 3.13. The molecule has 0 aliphatic carbocycles. The zero-order chi connectivity index (χ0) is 20.1. The molecule has 2 aromatic carbocycles. The molecule has 0 aliphatic heterocycles. The van der Waals surface area contributed by atoms with Crippen molar-refractivity contribution in [1.82, 2.24) is 14.9 Å². The molecule has 0 radical (unpaired) electrons. The van der Waals surface area contributed by atoms with Crippen LogP contribution in [0, 0.1) is 5.82 Å². The molecule has 0 unspecified atom stereocenters. The van der Waals surface area contributed by atoms with Crippen molar-refractivity contribution >= 4 is 23.4 Å². The van der Waals surface area contributed by atoms with Gasteiger partial charge in [0.2, 0.25) is 11.1 Å². The Kier molecular flexibility index (Phi) is 6.04. The van der Waals surface area contributed by atoms with Crippen molar-refractivity contribution in [3.05, 3.63) is 54.3 Å². The fourth-order valence-electron chi connectivity index (χ4n) is 2.22. The largest absolute Gasteiger partial charge is 0.435 e. The van der Waals surface area contributed by atoms with Crippen molar-refractivity contribution in [3.8, 4) is 17.1 Å². The first-order valence-corrected chi connectivity index (χ1v) is 8.85. The number of thioether (sulfide) groups is 1. The molecule has 1 aromatic heterocycles. The number of alkyl halides is 2. The topological polar surface area (TPSA) is 95.1 Å². The third-order valence-corrected chi connectivity index (χ3v) is 4.41. The Morgan fingerprint density at radius 3 is 2.46 bits per heavy atom. The second kappa shape index (κ2) is 8.65. The molecular weight excluding hydrogens is 395 g/mol. The van der Waals surface area contributed by atoms with Crippen LogP contribution in [-0.4, -0.2) is 33.1 Å². The summed E-state index contributed by atoms with van der Waals surface area (Å²) in [6, 6.07) is 11.1. The maximum absolute atomic E-state index is 13.0. The average Bonchev–Trinajstić information content (AvgIpc) is 3.02. The van der Waals surface area contributed by atoms with Gasteiger partial charge in [0, 0.05) is 11.3 Å². The van der Waals surface area contributed by atoms with E-state index in [4.69, 9.17) is 5.84 Å². The van der Waals surface area contributed by atoms with E-state index in [2.05, 4.69) is 20.3 Å². The van der Waals surface area contributed by atoms with Crippen molar-refractivity contribution in [2.24, 2.45) is 0 Å². The van der Waals surface area contributed by atoms with Gasteiger partial charge in [-0.2, -0.15) is 8.78 Å². The highest BCUT2D eigenvalue weighted by molar-refractivity contribution is 7.99. The number of halogens is 3. The number of carbonyl (C=O) groups excluding carboxylic acids is 1. The van der Waals surface area contributed by atoms with Crippen LogP contribution in [0.25, 0.3) is 11.4 Å². The first kappa shape index (κ1) is 19.5. The van der Waals surface area contributed by atoms with Gasteiger partial charge in [-0.25, -0.2) is 9.07 Å². The Morgan fingerprint density at radius 1 is 1.14 bits per heavy atom. The number of anilines is 1. The summed E-state index contributed by atoms with van der Waals surface area (Å²) in [6.07, 6.45) is 0. The summed E-state index contributed by atoms with van der Waals surface area (Å²) < 4.78 is 42.7. The lowest BCUT2D eigenvalue weighted by atomic mass is 10.2. The maximum Gasteiger partial charge on any atom is 0.387 e. The monoisotopic (exact) mass is 409 g/mol. The van der Waals surface area contributed by atoms with Gasteiger partial charge in [-0.1, -0.05) is 11.8 Å². The van der Waals surface area contributed by atoms with E-state index >= 15 is 0 Å². The lowest BCUT2D eigenvalue weighted by Gasteiger charge is -2.07. The minimum absolute atomic E-state index is 0.00592. The molecule has 3 rings (SSSR count). The molecule has 3 aromatic rings. The molecule has 28 heavy (non-hydrogen) atoms. The number of nitrogen functional groups attached to an aromatic ring is 1. The highest BCUT2D eigenvalue weighted by Gasteiger charge is 2.14. The van der Waals surface area contributed by atoms with Gasteiger partial charge in [0.15, 0.2) is 5.82 Å². The van der Waals surface area contributed by atoms with Crippen LogP contribution < -0.4 is 15.9 Å². The van der Waals surface area contributed by atoms with Crippen LogP contribution in [0.15, 0.2) is 53.7 Å². The third-order valence-electron chi connectivity index (χ3n) is 3.46. The highest BCUT2D eigenvalue weighted by Crippen LogP contribution is 2.22. The van der Waals surface area contributed by atoms with Gasteiger partial charge in [0.05, 0.1) is 5.75 Å². The second-order valence-electron chi connectivity index (χ2n) is 5.42. The molecule has 1 amide bonds. The molecule has 146 valence electrons. The summed E-state index contributed by atoms with van der Waals surface area (Å²) in [6.45, 7) is -2.91. The van der Waals surface area contributed by atoms with Crippen LogP contribution >= 0.6 is 11.8 Å². The number of nitrogens with two attached hydrogens (primary N) is 1. The quantitative estimate of drug-likeness (QED) is 0.460. The molecule has 11 heteroatoms. The van der Waals surface area contributed by atoms with Crippen molar-refractivity contribution in [3.63, 3.8) is 0 Å². The molecule has 0 atom stereocenters. The van der Waals surface area contributed by atoms with Gasteiger partial charge in [0.25, 0.3) is 0 Å². The minimum Gasteiger partial charge on any atom is -0.435 e. The van der Waals surface area contributed by atoms with E-state index in [0.717, 1.165) is 11.8 Å². The van der Waals surface area contributed by atoms with E-state index in [-0.39, 0.29) is 23.2 Å². The van der Waals surface area contributed by atoms with Crippen LogP contribution in [-0.2, 0) is 4.79 Å². The van der Waals surface area contributed by atoms with Crippen molar-refractivity contribution in [2.75, 3.05) is 16.9 Å². The Labute approximate surface area is 161 Å². The SMILES string of the molecule is Nn1c(SCC(=O)Nc2ccc(OC(F)F)cc2)nnc1-c1ccc(F)cc1. The maximum atomic E-state index is 13.0. The summed E-state index contributed by atoms with van der Waals surface area (Å²) in [7, 11) is 0. The number of rotatable bonds is 7. The van der Waals surface area contributed by atoms with Gasteiger partial charge in [-0.3, -0.25) is 4.79 Å². The number of aromatic nitrogens is 3. The second-order valence-corrected chi connectivity index (χ2v) is 6.37. The number of hydrogen-bond acceptors (Lipinski definition) is 6. The van der Waals surface area contributed by atoms with Crippen molar-refractivity contribution in [1.29, 1.82) is 0 Å². The molecule has 0 aliphatic rings. The number of ether oxygens (including phenoxy) is 1. The first-order chi connectivity index (χ1) is 13.4. The summed E-state index contributed by atoms with van der Waals surface area (Å²) in [5.74, 6) is 5.53. The molecular formula is C17H14F3N5O2S. The van der Waals surface area contributed by atoms with Gasteiger partial charge in [0.1, 0.15) is 11.6 Å². The van der Waals surface area contributed by atoms with Gasteiger partial charge in [-0.05, 0) is 48.5 Å². The Balaban J connectivity index is 1.57. The smallest absolute Gasteiger partial charge is 0.387 e. The van der Waals surface area contributed by atoms with E-state index in [0.29, 0.717) is 22.2 Å². The zero-order valence-electron chi connectivity index (χ0n) is 14.2. The molecule has 0 saturated carbocycles. The highest BCUT2D eigenvalue weighted by atomic mass is 32.2. The fraction of sp³-hybridized carbons (Fsp3) is 0.118. The number of nitrogens with one attached hydrogen (secondary N) is 1. The summed E-state index contributed by atoms with van der Waals surface area (Å²) in [5.41, 5.74) is 1.01. The normalized spacial score (nSPS) is 10.9. The van der Waals surface area contributed by atoms with Crippen LogP contribution in [0.5, 0.6) is 5.75 Å². The molecule has 3 N–H and O–H groups in total. The van der Waals surface area contributed by atoms with Gasteiger partial charge >= 0.3 is 6.61 Å². The van der Waals surface area contributed by atoms with Gasteiger partial charge in [-0.15, -0.1) is 10.2 Å². The van der Waals surface area contributed by atoms with Crippen molar-refractivity contribution < 1.29 is 22.7 Å². The molecule has 1 heterocycles. The minimum atomic E-state index is -2.91. The van der Waals surface area contributed by atoms with E-state index in [1.54, 1.807) is 0 Å². The number of nitrogens with zero attached hydrogens (tertiary/aromatic N) is 3. The van der Waals surface area contributed by atoms with E-state index in [9.17, 15) is 18.0 Å². The van der Waals surface area contributed by atoms with Crippen LogP contribution in [0.3, 0.4) is 0 Å². The van der Waals surface area contributed by atoms with E-state index in [1.807, 2.05) is 0 Å². The van der Waals surface area contributed by atoms with E-state index in [1.165, 1.54) is 53.2 Å². The zero-order valence-corrected chi connectivity index (χ0v) is 15.0. The summed E-state index contributed by atoms with van der Waals surface area (Å²) in [4.78, 5) is 12.1.